The Morgan fingerprint density at radius 1 is 1.28 bits per heavy atom. The minimum Gasteiger partial charge on any atom is -0.364 e. The quantitative estimate of drug-likeness (QED) is 0.722. The Hall–Kier alpha value is -2.38. The van der Waals surface area contributed by atoms with Crippen molar-refractivity contribution < 1.29 is 18.3 Å². The van der Waals surface area contributed by atoms with E-state index >= 15 is 0 Å². The number of hydrogen-bond acceptors (Lipinski definition) is 4. The lowest BCUT2D eigenvalue weighted by atomic mass is 10.1. The van der Waals surface area contributed by atoms with E-state index in [1.54, 1.807) is 6.92 Å². The molecule has 0 saturated carbocycles. The van der Waals surface area contributed by atoms with Crippen LogP contribution in [-0.4, -0.2) is 17.5 Å². The molecule has 0 bridgehead atoms. The number of carbonyl (C=O) groups is 1. The lowest BCUT2D eigenvalue weighted by Crippen LogP contribution is -2.30. The Labute approximate surface area is 147 Å². The van der Waals surface area contributed by atoms with Gasteiger partial charge in [0.1, 0.15) is 23.2 Å². The number of thiazole rings is 1. The molecule has 1 heterocycles. The minimum atomic E-state index is -0.691. The molecule has 3 rings (SSSR count). The minimum absolute atomic E-state index is 0.164. The van der Waals surface area contributed by atoms with Gasteiger partial charge in [0.15, 0.2) is 0 Å². The molecule has 0 aliphatic rings. The summed E-state index contributed by atoms with van der Waals surface area (Å²) in [5.41, 5.74) is 1.12. The van der Waals surface area contributed by atoms with Crippen LogP contribution in [0.2, 0.25) is 0 Å². The highest BCUT2D eigenvalue weighted by atomic mass is 32.1. The number of ether oxygens (including phenoxy) is 1. The number of para-hydroxylation sites is 1. The fourth-order valence-electron chi connectivity index (χ4n) is 2.43. The van der Waals surface area contributed by atoms with E-state index in [-0.39, 0.29) is 24.7 Å². The molecule has 0 radical (unpaired) electrons. The average Bonchev–Trinajstić information content (AvgIpc) is 2.97. The molecule has 4 nitrogen and oxygen atoms in total. The molecule has 3 aromatic rings. The first kappa shape index (κ1) is 17.4. The van der Waals surface area contributed by atoms with Crippen LogP contribution in [0.15, 0.2) is 42.5 Å². The van der Waals surface area contributed by atoms with Gasteiger partial charge in [-0.2, -0.15) is 0 Å². The molecule has 0 aliphatic carbocycles. The maximum Gasteiger partial charge on any atom is 0.246 e. The van der Waals surface area contributed by atoms with E-state index in [1.807, 2.05) is 24.3 Å². The number of benzene rings is 2. The van der Waals surface area contributed by atoms with Crippen molar-refractivity contribution in [3.8, 4) is 0 Å². The largest absolute Gasteiger partial charge is 0.364 e. The SMILES string of the molecule is C[C@@H](NC(=O)COCc1nc2ccccc2s1)c1ccc(F)cc1F. The van der Waals surface area contributed by atoms with Crippen LogP contribution in [0.5, 0.6) is 0 Å². The van der Waals surface area contributed by atoms with Gasteiger partial charge in [0, 0.05) is 11.6 Å². The fourth-order valence-corrected chi connectivity index (χ4v) is 3.33. The molecule has 0 saturated heterocycles. The maximum atomic E-state index is 13.7. The zero-order valence-electron chi connectivity index (χ0n) is 13.5. The van der Waals surface area contributed by atoms with Crippen molar-refractivity contribution >= 4 is 27.5 Å². The highest BCUT2D eigenvalue weighted by Gasteiger charge is 2.14. The van der Waals surface area contributed by atoms with Crippen LogP contribution in [-0.2, 0) is 16.1 Å². The summed E-state index contributed by atoms with van der Waals surface area (Å²) < 4.78 is 33.1. The number of carbonyl (C=O) groups excluding carboxylic acids is 1. The summed E-state index contributed by atoms with van der Waals surface area (Å²) in [6.45, 7) is 1.69. The Kier molecular flexibility index (Phi) is 5.35. The first-order valence-electron chi connectivity index (χ1n) is 7.69. The van der Waals surface area contributed by atoms with E-state index in [2.05, 4.69) is 10.3 Å². The van der Waals surface area contributed by atoms with E-state index in [0.717, 1.165) is 27.4 Å². The summed E-state index contributed by atoms with van der Waals surface area (Å²) in [4.78, 5) is 16.3. The van der Waals surface area contributed by atoms with E-state index in [4.69, 9.17) is 4.74 Å². The van der Waals surface area contributed by atoms with Crippen molar-refractivity contribution in [3.63, 3.8) is 0 Å². The highest BCUT2D eigenvalue weighted by molar-refractivity contribution is 7.18. The van der Waals surface area contributed by atoms with Gasteiger partial charge in [0.05, 0.1) is 22.9 Å². The number of fused-ring (bicyclic) bond motifs is 1. The smallest absolute Gasteiger partial charge is 0.246 e. The molecule has 25 heavy (non-hydrogen) atoms. The van der Waals surface area contributed by atoms with Gasteiger partial charge in [-0.15, -0.1) is 11.3 Å². The molecule has 1 amide bonds. The number of halogens is 2. The predicted octanol–water partition coefficient (Wildman–Crippen LogP) is 3.97. The number of amides is 1. The zero-order valence-corrected chi connectivity index (χ0v) is 14.3. The lowest BCUT2D eigenvalue weighted by molar-refractivity contribution is -0.126. The van der Waals surface area contributed by atoms with Crippen LogP contribution < -0.4 is 5.32 Å². The molecule has 130 valence electrons. The lowest BCUT2D eigenvalue weighted by Gasteiger charge is -2.15. The second-order valence-corrected chi connectivity index (χ2v) is 6.64. The number of aromatic nitrogens is 1. The second kappa shape index (κ2) is 7.67. The molecule has 2 aromatic carbocycles. The van der Waals surface area contributed by atoms with Gasteiger partial charge in [0.2, 0.25) is 5.91 Å². The first-order chi connectivity index (χ1) is 12.0. The van der Waals surface area contributed by atoms with Crippen LogP contribution in [0.4, 0.5) is 8.78 Å². The van der Waals surface area contributed by atoms with Crippen LogP contribution in [0.3, 0.4) is 0 Å². The van der Waals surface area contributed by atoms with Crippen molar-refractivity contribution in [2.75, 3.05) is 6.61 Å². The molecule has 0 unspecified atom stereocenters. The zero-order chi connectivity index (χ0) is 17.8. The van der Waals surface area contributed by atoms with Gasteiger partial charge in [-0.25, -0.2) is 13.8 Å². The van der Waals surface area contributed by atoms with Crippen LogP contribution in [0.25, 0.3) is 10.2 Å². The molecular formula is C18H16F2N2O2S. The van der Waals surface area contributed by atoms with Gasteiger partial charge in [-0.3, -0.25) is 4.79 Å². The normalized spacial score (nSPS) is 12.3. The van der Waals surface area contributed by atoms with Crippen molar-refractivity contribution in [3.05, 3.63) is 64.7 Å². The summed E-state index contributed by atoms with van der Waals surface area (Å²) >= 11 is 1.51. The van der Waals surface area contributed by atoms with Crippen LogP contribution >= 0.6 is 11.3 Å². The van der Waals surface area contributed by atoms with Crippen molar-refractivity contribution in [2.24, 2.45) is 0 Å². The Morgan fingerprint density at radius 3 is 2.84 bits per heavy atom. The van der Waals surface area contributed by atoms with Gasteiger partial charge in [-0.05, 0) is 25.1 Å². The third-order valence-corrected chi connectivity index (χ3v) is 4.61. The molecule has 7 heteroatoms. The highest BCUT2D eigenvalue weighted by Crippen LogP contribution is 2.22. The molecular weight excluding hydrogens is 346 g/mol. The predicted molar refractivity (Wildman–Crippen MR) is 92.2 cm³/mol. The summed E-state index contributed by atoms with van der Waals surface area (Å²) in [7, 11) is 0. The van der Waals surface area contributed by atoms with Gasteiger partial charge in [-0.1, -0.05) is 18.2 Å². The maximum absolute atomic E-state index is 13.7. The van der Waals surface area contributed by atoms with Crippen LogP contribution in [0.1, 0.15) is 23.5 Å². The Morgan fingerprint density at radius 2 is 2.08 bits per heavy atom. The third-order valence-electron chi connectivity index (χ3n) is 3.60. The monoisotopic (exact) mass is 362 g/mol. The van der Waals surface area contributed by atoms with E-state index in [9.17, 15) is 13.6 Å². The summed E-state index contributed by atoms with van der Waals surface area (Å²) in [5.74, 6) is -1.72. The molecule has 1 atom stereocenters. The van der Waals surface area contributed by atoms with Crippen molar-refractivity contribution in [1.29, 1.82) is 0 Å². The van der Waals surface area contributed by atoms with Crippen molar-refractivity contribution in [2.45, 2.75) is 19.6 Å². The number of nitrogens with zero attached hydrogens (tertiary/aromatic N) is 1. The van der Waals surface area contributed by atoms with E-state index in [1.165, 1.54) is 17.4 Å². The van der Waals surface area contributed by atoms with Gasteiger partial charge >= 0.3 is 0 Å². The van der Waals surface area contributed by atoms with Gasteiger partial charge < -0.3 is 10.1 Å². The standard InChI is InChI=1S/C18H16F2N2O2S/c1-11(13-7-6-12(19)8-14(13)20)21-17(23)9-24-10-18-22-15-4-2-3-5-16(15)25-18/h2-8,11H,9-10H2,1H3,(H,21,23)/t11-/m1/s1. The van der Waals surface area contributed by atoms with Gasteiger partial charge in [0.25, 0.3) is 0 Å². The summed E-state index contributed by atoms with van der Waals surface area (Å²) in [6, 6.07) is 10.4. The number of rotatable bonds is 6. The first-order valence-corrected chi connectivity index (χ1v) is 8.51. The third kappa shape index (κ3) is 4.37. The average molecular weight is 362 g/mol. The summed E-state index contributed by atoms with van der Waals surface area (Å²) in [6.07, 6.45) is 0. The Balaban J connectivity index is 1.50. The number of nitrogens with one attached hydrogen (secondary N) is 1. The van der Waals surface area contributed by atoms with E-state index < -0.39 is 17.7 Å². The Bertz CT molecular complexity index is 865. The molecule has 1 aromatic heterocycles. The topological polar surface area (TPSA) is 51.2 Å². The second-order valence-electron chi connectivity index (χ2n) is 5.52. The van der Waals surface area contributed by atoms with Crippen LogP contribution in [0, 0.1) is 11.6 Å². The number of hydrogen-bond donors (Lipinski definition) is 1. The van der Waals surface area contributed by atoms with E-state index in [0.29, 0.717) is 0 Å². The molecule has 0 aliphatic heterocycles. The molecule has 0 fully saturated rings. The summed E-state index contributed by atoms with van der Waals surface area (Å²) in [5, 5.41) is 3.41. The molecule has 0 spiro atoms. The fraction of sp³-hybridized carbons (Fsp3) is 0.222. The molecule has 1 N–H and O–H groups in total. The van der Waals surface area contributed by atoms with Crippen molar-refractivity contribution in [1.82, 2.24) is 10.3 Å².